The summed E-state index contributed by atoms with van der Waals surface area (Å²) in [5.41, 5.74) is 3.63. The molecule has 23 heavy (non-hydrogen) atoms. The van der Waals surface area contributed by atoms with Crippen LogP contribution in [-0.4, -0.2) is 23.1 Å². The van der Waals surface area contributed by atoms with Gasteiger partial charge < -0.3 is 4.90 Å². The fourth-order valence-electron chi connectivity index (χ4n) is 2.58. The predicted molar refractivity (Wildman–Crippen MR) is 95.7 cm³/mol. The number of rotatable bonds is 10. The Morgan fingerprint density at radius 1 is 1.17 bits per heavy atom. The summed E-state index contributed by atoms with van der Waals surface area (Å²) in [6.45, 7) is 4.02. The van der Waals surface area contributed by atoms with Crippen LogP contribution in [0.3, 0.4) is 0 Å². The van der Waals surface area contributed by atoms with Gasteiger partial charge in [0, 0.05) is 31.1 Å². The van der Waals surface area contributed by atoms with Gasteiger partial charge in [-0.1, -0.05) is 32.6 Å². The number of unbranched alkanes of at least 4 members (excludes halogenated alkanes) is 4. The number of aromatic nitrogens is 2. The zero-order chi connectivity index (χ0) is 16.3. The zero-order valence-corrected chi connectivity index (χ0v) is 14.6. The van der Waals surface area contributed by atoms with E-state index in [0.717, 1.165) is 37.4 Å². The van der Waals surface area contributed by atoms with Crippen LogP contribution in [0.2, 0.25) is 0 Å². The van der Waals surface area contributed by atoms with Crippen molar-refractivity contribution in [2.24, 2.45) is 0 Å². The normalized spacial score (nSPS) is 10.4. The number of hydrogen-bond acceptors (Lipinski definition) is 5. The van der Waals surface area contributed by atoms with Crippen molar-refractivity contribution in [3.05, 3.63) is 40.5 Å². The summed E-state index contributed by atoms with van der Waals surface area (Å²) in [6.07, 6.45) is 8.86. The maximum absolute atomic E-state index is 9.33. The number of anilines is 1. The van der Waals surface area contributed by atoms with E-state index in [1.807, 2.05) is 17.6 Å². The first-order valence-electron chi connectivity index (χ1n) is 8.32. The lowest BCUT2D eigenvalue weighted by molar-refractivity contribution is 0.614. The van der Waals surface area contributed by atoms with Crippen LogP contribution in [0.5, 0.6) is 0 Å². The Balaban J connectivity index is 1.99. The smallest absolute Gasteiger partial charge is 0.146 e. The lowest BCUT2D eigenvalue weighted by Crippen LogP contribution is -2.28. The van der Waals surface area contributed by atoms with E-state index in [1.54, 1.807) is 17.5 Å². The summed E-state index contributed by atoms with van der Waals surface area (Å²) >= 11 is 1.62. The first kappa shape index (κ1) is 17.4. The van der Waals surface area contributed by atoms with Crippen LogP contribution >= 0.6 is 11.3 Å². The number of nitrogens with zero attached hydrogens (tertiary/aromatic N) is 4. The van der Waals surface area contributed by atoms with Crippen LogP contribution in [0.15, 0.2) is 29.2 Å². The van der Waals surface area contributed by atoms with E-state index in [9.17, 15) is 5.26 Å². The third kappa shape index (κ3) is 5.65. The number of thiazole rings is 1. The van der Waals surface area contributed by atoms with E-state index in [4.69, 9.17) is 0 Å². The first-order chi connectivity index (χ1) is 11.3. The molecular weight excluding hydrogens is 304 g/mol. The number of nitriles is 1. The molecule has 4 nitrogen and oxygen atoms in total. The van der Waals surface area contributed by atoms with Gasteiger partial charge in [-0.15, -0.1) is 11.3 Å². The predicted octanol–water partition coefficient (Wildman–Crippen LogP) is 4.43. The Morgan fingerprint density at radius 3 is 2.78 bits per heavy atom. The average molecular weight is 328 g/mol. The Morgan fingerprint density at radius 2 is 2.04 bits per heavy atom. The van der Waals surface area contributed by atoms with Crippen molar-refractivity contribution in [2.45, 2.75) is 45.4 Å². The highest BCUT2D eigenvalue weighted by Crippen LogP contribution is 2.18. The largest absolute Gasteiger partial charge is 0.355 e. The molecule has 0 radical (unpaired) electrons. The Hall–Kier alpha value is -1.93. The Labute approximate surface area is 142 Å². The molecule has 0 amide bonds. The maximum Gasteiger partial charge on any atom is 0.146 e. The molecule has 2 aromatic rings. The maximum atomic E-state index is 9.33. The van der Waals surface area contributed by atoms with Gasteiger partial charge in [0.2, 0.25) is 0 Å². The summed E-state index contributed by atoms with van der Waals surface area (Å²) in [7, 11) is 0. The van der Waals surface area contributed by atoms with Crippen molar-refractivity contribution in [3.8, 4) is 6.07 Å². The third-order valence-corrected chi connectivity index (χ3v) is 4.49. The highest BCUT2D eigenvalue weighted by Gasteiger charge is 2.13. The minimum atomic E-state index is 0.652. The molecule has 2 heterocycles. The van der Waals surface area contributed by atoms with Crippen LogP contribution in [0.1, 0.15) is 50.3 Å². The van der Waals surface area contributed by atoms with E-state index in [1.165, 1.54) is 25.7 Å². The first-order valence-corrected chi connectivity index (χ1v) is 9.26. The number of hydrogen-bond donors (Lipinski definition) is 0. The van der Waals surface area contributed by atoms with E-state index >= 15 is 0 Å². The van der Waals surface area contributed by atoms with E-state index < -0.39 is 0 Å². The van der Waals surface area contributed by atoms with Crippen molar-refractivity contribution in [1.29, 1.82) is 5.26 Å². The summed E-state index contributed by atoms with van der Waals surface area (Å²) in [5.74, 6) is 0.806. The standard InChI is InChI=1S/C18H24N4S/c1-2-3-4-5-6-11-22(12-9-17-14-23-15-21-17)18-16(13-19)8-7-10-20-18/h7-8,10,14-15H,2-6,9,11-12H2,1H3. The van der Waals surface area contributed by atoms with Gasteiger partial charge >= 0.3 is 0 Å². The van der Waals surface area contributed by atoms with Crippen molar-refractivity contribution in [3.63, 3.8) is 0 Å². The zero-order valence-electron chi connectivity index (χ0n) is 13.7. The molecule has 0 spiro atoms. The highest BCUT2D eigenvalue weighted by molar-refractivity contribution is 7.07. The summed E-state index contributed by atoms with van der Waals surface area (Å²) < 4.78 is 0. The van der Waals surface area contributed by atoms with Crippen molar-refractivity contribution in [2.75, 3.05) is 18.0 Å². The van der Waals surface area contributed by atoms with Gasteiger partial charge in [-0.3, -0.25) is 0 Å². The molecule has 0 aliphatic heterocycles. The molecular formula is C18H24N4S. The van der Waals surface area contributed by atoms with Gasteiger partial charge in [0.1, 0.15) is 11.9 Å². The van der Waals surface area contributed by atoms with Gasteiger partial charge in [-0.05, 0) is 18.6 Å². The minimum absolute atomic E-state index is 0.652. The van der Waals surface area contributed by atoms with Gasteiger partial charge in [0.25, 0.3) is 0 Å². The van der Waals surface area contributed by atoms with Crippen molar-refractivity contribution in [1.82, 2.24) is 9.97 Å². The highest BCUT2D eigenvalue weighted by atomic mass is 32.1. The van der Waals surface area contributed by atoms with Gasteiger partial charge in [-0.25, -0.2) is 9.97 Å². The lowest BCUT2D eigenvalue weighted by atomic mass is 10.1. The molecule has 2 rings (SSSR count). The Kier molecular flexibility index (Phi) is 7.55. The van der Waals surface area contributed by atoms with Crippen LogP contribution in [0.4, 0.5) is 5.82 Å². The van der Waals surface area contributed by atoms with Crippen molar-refractivity contribution < 1.29 is 0 Å². The summed E-state index contributed by atoms with van der Waals surface area (Å²) in [5, 5.41) is 11.4. The molecule has 0 aromatic carbocycles. The molecule has 0 fully saturated rings. The third-order valence-electron chi connectivity index (χ3n) is 3.86. The molecule has 0 bridgehead atoms. The summed E-state index contributed by atoms with van der Waals surface area (Å²) in [6, 6.07) is 5.93. The van der Waals surface area contributed by atoms with Crippen LogP contribution in [0.25, 0.3) is 0 Å². The van der Waals surface area contributed by atoms with Crippen molar-refractivity contribution >= 4 is 17.2 Å². The SMILES string of the molecule is CCCCCCCN(CCc1cscn1)c1ncccc1C#N. The molecule has 0 saturated carbocycles. The second-order valence-corrected chi connectivity index (χ2v) is 6.34. The van der Waals surface area contributed by atoms with Crippen LogP contribution in [-0.2, 0) is 6.42 Å². The molecule has 0 aliphatic rings. The van der Waals surface area contributed by atoms with E-state index in [0.29, 0.717) is 5.56 Å². The summed E-state index contributed by atoms with van der Waals surface area (Å²) in [4.78, 5) is 11.0. The minimum Gasteiger partial charge on any atom is -0.355 e. The second kappa shape index (κ2) is 9.96. The molecule has 0 atom stereocenters. The molecule has 0 N–H and O–H groups in total. The lowest BCUT2D eigenvalue weighted by Gasteiger charge is -2.24. The van der Waals surface area contributed by atoms with Crippen LogP contribution < -0.4 is 4.90 Å². The molecule has 5 heteroatoms. The quantitative estimate of drug-likeness (QED) is 0.605. The van der Waals surface area contributed by atoms with E-state index in [-0.39, 0.29) is 0 Å². The number of pyridine rings is 1. The Bertz CT molecular complexity index is 604. The molecule has 0 saturated heterocycles. The van der Waals surface area contributed by atoms with Gasteiger partial charge in [0.15, 0.2) is 0 Å². The molecule has 122 valence electrons. The fourth-order valence-corrected chi connectivity index (χ4v) is 3.17. The second-order valence-electron chi connectivity index (χ2n) is 5.62. The van der Waals surface area contributed by atoms with Gasteiger partial charge in [0.05, 0.1) is 16.8 Å². The van der Waals surface area contributed by atoms with E-state index in [2.05, 4.69) is 33.2 Å². The molecule has 0 unspecified atom stereocenters. The van der Waals surface area contributed by atoms with Gasteiger partial charge in [-0.2, -0.15) is 5.26 Å². The molecule has 0 aliphatic carbocycles. The average Bonchev–Trinajstić information content (AvgIpc) is 3.11. The molecule has 2 aromatic heterocycles. The topological polar surface area (TPSA) is 52.8 Å². The fraction of sp³-hybridized carbons (Fsp3) is 0.500. The van der Waals surface area contributed by atoms with Crippen LogP contribution in [0, 0.1) is 11.3 Å². The monoisotopic (exact) mass is 328 g/mol.